The maximum absolute atomic E-state index is 13.6. The lowest BCUT2D eigenvalue weighted by Crippen LogP contribution is -2.51. The van der Waals surface area contributed by atoms with Crippen molar-refractivity contribution in [2.45, 2.75) is 32.5 Å². The molecule has 0 aliphatic carbocycles. The van der Waals surface area contributed by atoms with Crippen molar-refractivity contribution in [3.8, 4) is 6.07 Å². The summed E-state index contributed by atoms with van der Waals surface area (Å²) < 4.78 is 24.3. The van der Waals surface area contributed by atoms with Crippen LogP contribution in [0.1, 0.15) is 26.3 Å². The molecule has 2 amide bonds. The zero-order valence-electron chi connectivity index (χ0n) is 14.3. The van der Waals surface area contributed by atoms with Gasteiger partial charge in [-0.25, -0.2) is 9.18 Å². The van der Waals surface area contributed by atoms with Gasteiger partial charge in [0.15, 0.2) is 6.10 Å². The molecule has 1 aromatic carbocycles. The van der Waals surface area contributed by atoms with Crippen LogP contribution in [0.3, 0.4) is 0 Å². The number of rotatable bonds is 2. The molecule has 1 atom stereocenters. The maximum atomic E-state index is 13.6. The molecule has 1 saturated heterocycles. The van der Waals surface area contributed by atoms with Gasteiger partial charge in [-0.05, 0) is 39.0 Å². The molecule has 0 saturated carbocycles. The highest BCUT2D eigenvalue weighted by atomic mass is 19.1. The largest absolute Gasteiger partial charge is 0.444 e. The average Bonchev–Trinajstić information content (AvgIpc) is 2.53. The van der Waals surface area contributed by atoms with Gasteiger partial charge in [0.1, 0.15) is 17.5 Å². The van der Waals surface area contributed by atoms with Crippen molar-refractivity contribution in [1.29, 1.82) is 5.26 Å². The number of anilines is 1. The molecule has 1 heterocycles. The number of nitriles is 1. The second-order valence-electron chi connectivity index (χ2n) is 6.58. The standard InChI is InChI=1S/C17H20FN3O4/c1-17(2,3)25-16(23)21-6-7-24-14(10-21)15(22)20-12-5-4-11(9-19)13(18)8-12/h4-5,8,14H,6-7,10H2,1-3H3,(H,20,22)/t14-/m1/s1. The topological polar surface area (TPSA) is 91.7 Å². The Balaban J connectivity index is 1.99. The molecule has 25 heavy (non-hydrogen) atoms. The van der Waals surface area contributed by atoms with E-state index in [4.69, 9.17) is 14.7 Å². The number of hydrogen-bond acceptors (Lipinski definition) is 5. The second-order valence-corrected chi connectivity index (χ2v) is 6.58. The van der Waals surface area contributed by atoms with Crippen LogP contribution in [-0.2, 0) is 14.3 Å². The van der Waals surface area contributed by atoms with E-state index in [2.05, 4.69) is 5.32 Å². The molecule has 2 rings (SSSR count). The molecule has 1 aliphatic heterocycles. The molecule has 0 spiro atoms. The van der Waals surface area contributed by atoms with Crippen LogP contribution in [0.15, 0.2) is 18.2 Å². The summed E-state index contributed by atoms with van der Waals surface area (Å²) in [5.74, 6) is -1.22. The first-order valence-corrected chi connectivity index (χ1v) is 7.79. The van der Waals surface area contributed by atoms with Gasteiger partial charge in [-0.1, -0.05) is 0 Å². The Morgan fingerprint density at radius 1 is 1.44 bits per heavy atom. The van der Waals surface area contributed by atoms with Gasteiger partial charge in [0.2, 0.25) is 0 Å². The van der Waals surface area contributed by atoms with Gasteiger partial charge in [-0.2, -0.15) is 5.26 Å². The summed E-state index contributed by atoms with van der Waals surface area (Å²) in [5.41, 5.74) is -0.532. The van der Waals surface area contributed by atoms with Crippen molar-refractivity contribution in [2.24, 2.45) is 0 Å². The summed E-state index contributed by atoms with van der Waals surface area (Å²) in [6.07, 6.45) is -1.40. The summed E-state index contributed by atoms with van der Waals surface area (Å²) in [6.45, 7) is 5.84. The molecule has 7 nitrogen and oxygen atoms in total. The predicted molar refractivity (Wildman–Crippen MR) is 87.3 cm³/mol. The van der Waals surface area contributed by atoms with Crippen molar-refractivity contribution in [1.82, 2.24) is 4.90 Å². The zero-order chi connectivity index (χ0) is 18.6. The summed E-state index contributed by atoms with van der Waals surface area (Å²) in [6, 6.07) is 5.47. The molecular weight excluding hydrogens is 329 g/mol. The van der Waals surface area contributed by atoms with Crippen LogP contribution in [0.2, 0.25) is 0 Å². The molecule has 8 heteroatoms. The Kier molecular flexibility index (Phi) is 5.59. The molecule has 134 valence electrons. The highest BCUT2D eigenvalue weighted by Crippen LogP contribution is 2.17. The Morgan fingerprint density at radius 3 is 2.76 bits per heavy atom. The lowest BCUT2D eigenvalue weighted by Gasteiger charge is -2.33. The number of morpholine rings is 1. The Morgan fingerprint density at radius 2 is 2.16 bits per heavy atom. The number of benzene rings is 1. The van der Waals surface area contributed by atoms with Gasteiger partial charge >= 0.3 is 6.09 Å². The number of nitrogens with one attached hydrogen (secondary N) is 1. The Hall–Kier alpha value is -2.66. The first-order valence-electron chi connectivity index (χ1n) is 7.79. The smallest absolute Gasteiger partial charge is 0.410 e. The average molecular weight is 349 g/mol. The van der Waals surface area contributed by atoms with Crippen LogP contribution in [0.4, 0.5) is 14.9 Å². The van der Waals surface area contributed by atoms with Gasteiger partial charge in [0, 0.05) is 12.2 Å². The lowest BCUT2D eigenvalue weighted by atomic mass is 10.2. The third kappa shape index (κ3) is 5.16. The molecule has 1 aromatic rings. The number of carbonyl (C=O) groups is 2. The molecule has 0 aromatic heterocycles. The van der Waals surface area contributed by atoms with Crippen LogP contribution in [0, 0.1) is 17.1 Å². The van der Waals surface area contributed by atoms with E-state index in [1.165, 1.54) is 17.0 Å². The number of halogens is 1. The zero-order valence-corrected chi connectivity index (χ0v) is 14.3. The van der Waals surface area contributed by atoms with E-state index in [1.54, 1.807) is 26.8 Å². The molecule has 1 fully saturated rings. The fourth-order valence-electron chi connectivity index (χ4n) is 2.21. The van der Waals surface area contributed by atoms with Gasteiger partial charge in [-0.3, -0.25) is 4.79 Å². The van der Waals surface area contributed by atoms with Crippen LogP contribution < -0.4 is 5.32 Å². The van der Waals surface area contributed by atoms with Crippen LogP contribution >= 0.6 is 0 Å². The summed E-state index contributed by atoms with van der Waals surface area (Å²) in [4.78, 5) is 25.8. The third-order valence-electron chi connectivity index (χ3n) is 3.37. The van der Waals surface area contributed by atoms with Crippen molar-refractivity contribution >= 4 is 17.7 Å². The van der Waals surface area contributed by atoms with E-state index in [1.807, 2.05) is 0 Å². The predicted octanol–water partition coefficient (Wildman–Crippen LogP) is 2.27. The van der Waals surface area contributed by atoms with E-state index in [-0.39, 0.29) is 24.4 Å². The lowest BCUT2D eigenvalue weighted by molar-refractivity contribution is -0.132. The van der Waals surface area contributed by atoms with Crippen molar-refractivity contribution in [2.75, 3.05) is 25.0 Å². The normalized spacial score (nSPS) is 17.6. The Bertz CT molecular complexity index is 709. The molecule has 0 bridgehead atoms. The van der Waals surface area contributed by atoms with Crippen molar-refractivity contribution in [3.63, 3.8) is 0 Å². The summed E-state index contributed by atoms with van der Waals surface area (Å²) >= 11 is 0. The highest BCUT2D eigenvalue weighted by Gasteiger charge is 2.31. The molecular formula is C17H20FN3O4. The number of nitrogens with zero attached hydrogens (tertiary/aromatic N) is 2. The first kappa shape index (κ1) is 18.7. The molecule has 0 unspecified atom stereocenters. The number of ether oxygens (including phenoxy) is 2. The van der Waals surface area contributed by atoms with Crippen molar-refractivity contribution in [3.05, 3.63) is 29.6 Å². The van der Waals surface area contributed by atoms with Crippen LogP contribution in [0.25, 0.3) is 0 Å². The summed E-state index contributed by atoms with van der Waals surface area (Å²) in [7, 11) is 0. The Labute approximate surface area is 145 Å². The minimum Gasteiger partial charge on any atom is -0.444 e. The van der Waals surface area contributed by atoms with E-state index >= 15 is 0 Å². The van der Waals surface area contributed by atoms with Crippen LogP contribution in [-0.4, -0.2) is 48.3 Å². The van der Waals surface area contributed by atoms with E-state index < -0.39 is 29.5 Å². The quantitative estimate of drug-likeness (QED) is 0.884. The maximum Gasteiger partial charge on any atom is 0.410 e. The second kappa shape index (κ2) is 7.49. The highest BCUT2D eigenvalue weighted by molar-refractivity contribution is 5.94. The monoisotopic (exact) mass is 349 g/mol. The van der Waals surface area contributed by atoms with Gasteiger partial charge in [0.25, 0.3) is 5.91 Å². The van der Waals surface area contributed by atoms with E-state index in [0.717, 1.165) is 6.07 Å². The molecule has 1 aliphatic rings. The number of carbonyl (C=O) groups excluding carboxylic acids is 2. The van der Waals surface area contributed by atoms with E-state index in [0.29, 0.717) is 6.54 Å². The molecule has 1 N–H and O–H groups in total. The van der Waals surface area contributed by atoms with Gasteiger partial charge in [-0.15, -0.1) is 0 Å². The number of amides is 2. The number of hydrogen-bond donors (Lipinski definition) is 1. The fraction of sp³-hybridized carbons (Fsp3) is 0.471. The van der Waals surface area contributed by atoms with Crippen LogP contribution in [0.5, 0.6) is 0 Å². The van der Waals surface area contributed by atoms with Gasteiger partial charge in [0.05, 0.1) is 18.7 Å². The minimum absolute atomic E-state index is 0.0412. The van der Waals surface area contributed by atoms with E-state index in [9.17, 15) is 14.0 Å². The third-order valence-corrected chi connectivity index (χ3v) is 3.37. The van der Waals surface area contributed by atoms with Gasteiger partial charge < -0.3 is 19.7 Å². The SMILES string of the molecule is CC(C)(C)OC(=O)N1CCO[C@@H](C(=O)Nc2ccc(C#N)c(F)c2)C1. The minimum atomic E-state index is -0.889. The molecule has 0 radical (unpaired) electrons. The summed E-state index contributed by atoms with van der Waals surface area (Å²) in [5, 5.41) is 11.2. The van der Waals surface area contributed by atoms with Crippen molar-refractivity contribution < 1.29 is 23.5 Å². The fourth-order valence-corrected chi connectivity index (χ4v) is 2.21. The first-order chi connectivity index (χ1) is 11.7.